The third-order valence-corrected chi connectivity index (χ3v) is 7.83. The molecule has 2 fully saturated rings. The summed E-state index contributed by atoms with van der Waals surface area (Å²) >= 11 is 0. The molecule has 2 aliphatic rings. The van der Waals surface area contributed by atoms with Gasteiger partial charge in [-0.2, -0.15) is 8.42 Å². The second-order valence-electron chi connectivity index (χ2n) is 11.1. The normalized spacial score (nSPS) is 19.7. The van der Waals surface area contributed by atoms with E-state index < -0.39 is 10.1 Å². The lowest BCUT2D eigenvalue weighted by atomic mass is 9.81. The van der Waals surface area contributed by atoms with E-state index in [1.54, 1.807) is 0 Å². The highest BCUT2D eigenvalue weighted by Crippen LogP contribution is 2.40. The first-order valence-electron chi connectivity index (χ1n) is 14.0. The van der Waals surface area contributed by atoms with Crippen molar-refractivity contribution in [1.29, 1.82) is 0 Å². The Kier molecular flexibility index (Phi) is 9.12. The molecule has 4 aromatic carbocycles. The Hall–Kier alpha value is -3.29. The van der Waals surface area contributed by atoms with Gasteiger partial charge in [-0.3, -0.25) is 14.4 Å². The van der Waals surface area contributed by atoms with Gasteiger partial charge in [0.2, 0.25) is 0 Å². The molecule has 6 rings (SSSR count). The van der Waals surface area contributed by atoms with Crippen LogP contribution in [0.4, 0.5) is 0 Å². The molecule has 1 N–H and O–H groups in total. The molecule has 40 heavy (non-hydrogen) atoms. The van der Waals surface area contributed by atoms with Gasteiger partial charge in [-0.1, -0.05) is 121 Å². The van der Waals surface area contributed by atoms with E-state index in [0.717, 1.165) is 26.2 Å². The van der Waals surface area contributed by atoms with E-state index in [9.17, 15) is 8.42 Å². The molecule has 0 amide bonds. The largest absolute Gasteiger partial charge is 0.292 e. The lowest BCUT2D eigenvalue weighted by molar-refractivity contribution is 0.00586. The number of rotatable bonds is 6. The average Bonchev–Trinajstić information content (AvgIpc) is 2.94. The minimum absolute atomic E-state index is 0.327. The van der Waals surface area contributed by atoms with Gasteiger partial charge < -0.3 is 0 Å². The van der Waals surface area contributed by atoms with Crippen LogP contribution in [0, 0.1) is 11.8 Å². The van der Waals surface area contributed by atoms with Crippen LogP contribution in [0.2, 0.25) is 0 Å². The third-order valence-electron chi connectivity index (χ3n) is 7.83. The smallest absolute Gasteiger partial charge is 0.261 e. The molecule has 2 saturated heterocycles. The molecule has 0 spiro atoms. The summed E-state index contributed by atoms with van der Waals surface area (Å²) in [5.74, 6) is 1.37. The molecular formula is C34H38N2O3S. The zero-order chi connectivity index (χ0) is 28.0. The topological polar surface area (TPSA) is 60.9 Å². The predicted octanol–water partition coefficient (Wildman–Crippen LogP) is 6.32. The molecule has 4 aromatic rings. The Bertz CT molecular complexity index is 1240. The van der Waals surface area contributed by atoms with Gasteiger partial charge in [-0.05, 0) is 40.5 Å². The zero-order valence-corrected chi connectivity index (χ0v) is 23.8. The number of fused-ring (bicyclic) bond motifs is 2. The molecule has 0 atom stereocenters. The first-order chi connectivity index (χ1) is 19.3. The lowest BCUT2D eigenvalue weighted by Crippen LogP contribution is -2.54. The van der Waals surface area contributed by atoms with Crippen LogP contribution in [0.3, 0.4) is 0 Å². The Morgan fingerprint density at radius 1 is 0.550 bits per heavy atom. The quantitative estimate of drug-likeness (QED) is 0.283. The van der Waals surface area contributed by atoms with Gasteiger partial charge in [-0.15, -0.1) is 0 Å². The molecule has 0 radical (unpaired) electrons. The van der Waals surface area contributed by atoms with Crippen molar-refractivity contribution in [3.8, 4) is 0 Å². The standard InChI is InChI=1S/C33H34N2.CH4O3S/c1-5-13-28(14-6-1)32(29-15-7-2-8-16-29)34-22-26-21-27(23-34)25-35(24-26)33(30-17-9-3-10-18-30)31-19-11-4-12-20-31;1-5(2,3)4/h1-20,26-27,32-33H,21-25H2;1H3,(H,2,3,4). The molecule has 0 aliphatic carbocycles. The SMILES string of the molecule is CS(=O)(=O)O.c1ccc(C(c2ccccc2)N2CC3CC(C2)CN(C(c2ccccc2)c2ccccc2)C3)cc1. The van der Waals surface area contributed by atoms with Crippen molar-refractivity contribution in [2.45, 2.75) is 18.5 Å². The first kappa shape index (κ1) is 28.2. The summed E-state index contributed by atoms with van der Waals surface area (Å²) < 4.78 is 25.9. The summed E-state index contributed by atoms with van der Waals surface area (Å²) in [7, 11) is -3.67. The summed E-state index contributed by atoms with van der Waals surface area (Å²) in [5.41, 5.74) is 5.62. The number of benzene rings is 4. The second kappa shape index (κ2) is 12.9. The summed E-state index contributed by atoms with van der Waals surface area (Å²) in [4.78, 5) is 5.53. The number of nitrogens with zero attached hydrogens (tertiary/aromatic N) is 2. The van der Waals surface area contributed by atoms with Crippen LogP contribution in [0.15, 0.2) is 121 Å². The molecular weight excluding hydrogens is 516 g/mol. The zero-order valence-electron chi connectivity index (χ0n) is 23.0. The van der Waals surface area contributed by atoms with Crippen molar-refractivity contribution in [3.05, 3.63) is 144 Å². The molecule has 5 nitrogen and oxygen atoms in total. The van der Waals surface area contributed by atoms with Crippen LogP contribution in [0.1, 0.15) is 40.8 Å². The van der Waals surface area contributed by atoms with E-state index in [2.05, 4.69) is 131 Å². The maximum atomic E-state index is 9.19. The van der Waals surface area contributed by atoms with Gasteiger partial charge in [0, 0.05) is 26.2 Å². The van der Waals surface area contributed by atoms with E-state index in [-0.39, 0.29) is 0 Å². The van der Waals surface area contributed by atoms with Crippen molar-refractivity contribution in [2.24, 2.45) is 11.8 Å². The maximum Gasteiger partial charge on any atom is 0.261 e. The van der Waals surface area contributed by atoms with Crippen LogP contribution in [-0.4, -0.2) is 55.2 Å². The predicted molar refractivity (Wildman–Crippen MR) is 162 cm³/mol. The molecule has 2 aliphatic heterocycles. The summed E-state index contributed by atoms with van der Waals surface area (Å²) in [6.07, 6.45) is 2.06. The first-order valence-corrected chi connectivity index (χ1v) is 15.8. The molecule has 0 saturated carbocycles. The van der Waals surface area contributed by atoms with E-state index in [0.29, 0.717) is 30.2 Å². The summed E-state index contributed by atoms with van der Waals surface area (Å²) in [6, 6.07) is 45.0. The number of piperidine rings is 2. The highest BCUT2D eigenvalue weighted by molar-refractivity contribution is 7.85. The van der Waals surface area contributed by atoms with Crippen LogP contribution >= 0.6 is 0 Å². The molecule has 6 heteroatoms. The number of hydrogen-bond donors (Lipinski definition) is 1. The monoisotopic (exact) mass is 554 g/mol. The third kappa shape index (κ3) is 7.46. The fourth-order valence-corrected chi connectivity index (χ4v) is 6.55. The summed E-state index contributed by atoms with van der Waals surface area (Å²) in [6.45, 7) is 4.60. The molecule has 2 bridgehead atoms. The number of hydrogen-bond acceptors (Lipinski definition) is 4. The van der Waals surface area contributed by atoms with Crippen LogP contribution in [0.25, 0.3) is 0 Å². The van der Waals surface area contributed by atoms with Crippen LogP contribution in [-0.2, 0) is 10.1 Å². The molecule has 2 heterocycles. The van der Waals surface area contributed by atoms with Gasteiger partial charge in [0.05, 0.1) is 18.3 Å². The van der Waals surface area contributed by atoms with Crippen molar-refractivity contribution in [3.63, 3.8) is 0 Å². The fraction of sp³-hybridized carbons (Fsp3) is 0.294. The maximum absolute atomic E-state index is 9.19. The molecule has 208 valence electrons. The Balaban J connectivity index is 0.000000595. The van der Waals surface area contributed by atoms with Gasteiger partial charge in [0.1, 0.15) is 0 Å². The van der Waals surface area contributed by atoms with Crippen molar-refractivity contribution in [2.75, 3.05) is 32.4 Å². The second-order valence-corrected chi connectivity index (χ2v) is 12.5. The highest BCUT2D eigenvalue weighted by atomic mass is 32.2. The van der Waals surface area contributed by atoms with E-state index in [4.69, 9.17) is 4.55 Å². The highest BCUT2D eigenvalue weighted by Gasteiger charge is 2.39. The van der Waals surface area contributed by atoms with Gasteiger partial charge in [0.25, 0.3) is 10.1 Å². The Morgan fingerprint density at radius 2 is 0.775 bits per heavy atom. The van der Waals surface area contributed by atoms with E-state index >= 15 is 0 Å². The molecule has 0 aromatic heterocycles. The Labute approximate surface area is 238 Å². The van der Waals surface area contributed by atoms with Gasteiger partial charge in [-0.25, -0.2) is 0 Å². The minimum Gasteiger partial charge on any atom is -0.292 e. The minimum atomic E-state index is -3.67. The fourth-order valence-electron chi connectivity index (χ4n) is 6.55. The Morgan fingerprint density at radius 3 is 1.00 bits per heavy atom. The summed E-state index contributed by atoms with van der Waals surface area (Å²) in [5, 5.41) is 0. The van der Waals surface area contributed by atoms with Gasteiger partial charge in [0.15, 0.2) is 0 Å². The van der Waals surface area contributed by atoms with E-state index in [1.807, 2.05) is 0 Å². The van der Waals surface area contributed by atoms with Crippen molar-refractivity contribution in [1.82, 2.24) is 9.80 Å². The van der Waals surface area contributed by atoms with Crippen molar-refractivity contribution >= 4 is 10.1 Å². The van der Waals surface area contributed by atoms with Crippen molar-refractivity contribution < 1.29 is 13.0 Å². The van der Waals surface area contributed by atoms with E-state index in [1.165, 1.54) is 28.7 Å². The lowest BCUT2D eigenvalue weighted by Gasteiger charge is -2.50. The van der Waals surface area contributed by atoms with Crippen LogP contribution < -0.4 is 0 Å². The van der Waals surface area contributed by atoms with Crippen LogP contribution in [0.5, 0.6) is 0 Å². The average molecular weight is 555 g/mol. The van der Waals surface area contributed by atoms with Gasteiger partial charge >= 0.3 is 0 Å². The molecule has 0 unspecified atom stereocenters. The number of likely N-dealkylation sites (tertiary alicyclic amines) is 2.